The number of pyridine rings is 2. The molecule has 1 aromatic carbocycles. The van der Waals surface area contributed by atoms with Gasteiger partial charge in [0.25, 0.3) is 5.91 Å². The highest BCUT2D eigenvalue weighted by Crippen LogP contribution is 2.29. The number of anilines is 1. The molecule has 0 unspecified atom stereocenters. The Morgan fingerprint density at radius 3 is 2.70 bits per heavy atom. The molecule has 7 nitrogen and oxygen atoms in total. The number of aromatic nitrogens is 5. The van der Waals surface area contributed by atoms with Crippen LogP contribution in [0.5, 0.6) is 0 Å². The second-order valence-electron chi connectivity index (χ2n) is 5.61. The monoisotopic (exact) mass is 376 g/mol. The summed E-state index contributed by atoms with van der Waals surface area (Å²) in [5.41, 5.74) is 2.52. The van der Waals surface area contributed by atoms with Gasteiger partial charge in [-0.05, 0) is 42.5 Å². The topological polar surface area (TPSA) is 85.6 Å². The van der Waals surface area contributed by atoms with Gasteiger partial charge in [-0.3, -0.25) is 9.78 Å². The van der Waals surface area contributed by atoms with Gasteiger partial charge in [-0.15, -0.1) is 0 Å². The van der Waals surface area contributed by atoms with Crippen LogP contribution in [0.1, 0.15) is 10.4 Å². The maximum atomic E-state index is 12.5. The zero-order valence-corrected chi connectivity index (χ0v) is 14.7. The minimum absolute atomic E-state index is 0.276. The molecule has 0 fully saturated rings. The van der Waals surface area contributed by atoms with Gasteiger partial charge >= 0.3 is 0 Å². The summed E-state index contributed by atoms with van der Waals surface area (Å²) in [4.78, 5) is 24.9. The van der Waals surface area contributed by atoms with E-state index in [9.17, 15) is 4.79 Å². The van der Waals surface area contributed by atoms with Crippen LogP contribution in [-0.2, 0) is 0 Å². The SMILES string of the molecule is O=C(Nc1ccc(Cl)c(-c2ccccn2)c1)c1ccc(-n2cncn2)nc1. The van der Waals surface area contributed by atoms with Crippen molar-refractivity contribution >= 4 is 23.2 Å². The van der Waals surface area contributed by atoms with Crippen LogP contribution in [0.3, 0.4) is 0 Å². The lowest BCUT2D eigenvalue weighted by atomic mass is 10.1. The average molecular weight is 377 g/mol. The van der Waals surface area contributed by atoms with Crippen molar-refractivity contribution in [1.82, 2.24) is 24.7 Å². The lowest BCUT2D eigenvalue weighted by Gasteiger charge is -2.09. The summed E-state index contributed by atoms with van der Waals surface area (Å²) in [7, 11) is 0. The minimum Gasteiger partial charge on any atom is -0.322 e. The van der Waals surface area contributed by atoms with E-state index in [2.05, 4.69) is 25.4 Å². The molecule has 0 spiro atoms. The van der Waals surface area contributed by atoms with Crippen LogP contribution >= 0.6 is 11.6 Å². The van der Waals surface area contributed by atoms with Gasteiger partial charge in [-0.2, -0.15) is 5.10 Å². The van der Waals surface area contributed by atoms with Gasteiger partial charge in [0.1, 0.15) is 12.7 Å². The zero-order valence-electron chi connectivity index (χ0n) is 14.0. The number of rotatable bonds is 4. The molecule has 8 heteroatoms. The van der Waals surface area contributed by atoms with E-state index < -0.39 is 0 Å². The summed E-state index contributed by atoms with van der Waals surface area (Å²) in [6.45, 7) is 0. The Bertz CT molecular complexity index is 1070. The Labute approximate surface area is 159 Å². The van der Waals surface area contributed by atoms with Gasteiger partial charge in [0.15, 0.2) is 5.82 Å². The Kier molecular flexibility index (Phi) is 4.59. The molecule has 0 bridgehead atoms. The molecule has 4 rings (SSSR count). The number of carbonyl (C=O) groups excluding carboxylic acids is 1. The molecule has 1 N–H and O–H groups in total. The summed E-state index contributed by atoms with van der Waals surface area (Å²) >= 11 is 6.27. The van der Waals surface area contributed by atoms with Crippen molar-refractivity contribution in [3.8, 4) is 17.1 Å². The lowest BCUT2D eigenvalue weighted by Crippen LogP contribution is -2.12. The van der Waals surface area contributed by atoms with Crippen molar-refractivity contribution in [2.75, 3.05) is 5.32 Å². The Hall–Kier alpha value is -3.58. The summed E-state index contributed by atoms with van der Waals surface area (Å²) < 4.78 is 1.51. The van der Waals surface area contributed by atoms with Crippen LogP contribution in [0.25, 0.3) is 17.1 Å². The highest BCUT2D eigenvalue weighted by Gasteiger charge is 2.11. The predicted molar refractivity (Wildman–Crippen MR) is 102 cm³/mol. The standard InChI is InChI=1S/C19H13ClN6O/c20-16-6-5-14(9-15(16)17-3-1-2-8-22-17)25-19(27)13-4-7-18(23-10-13)26-12-21-11-24-26/h1-12H,(H,25,27). The normalized spacial score (nSPS) is 10.6. The first-order chi connectivity index (χ1) is 13.2. The highest BCUT2D eigenvalue weighted by atomic mass is 35.5. The van der Waals surface area contributed by atoms with E-state index in [0.717, 1.165) is 11.3 Å². The third-order valence-corrected chi connectivity index (χ3v) is 4.16. The van der Waals surface area contributed by atoms with Crippen molar-refractivity contribution in [3.63, 3.8) is 0 Å². The second kappa shape index (κ2) is 7.35. The molecular weight excluding hydrogens is 364 g/mol. The summed E-state index contributed by atoms with van der Waals surface area (Å²) in [5, 5.41) is 7.41. The summed E-state index contributed by atoms with van der Waals surface area (Å²) in [6, 6.07) is 14.2. The largest absolute Gasteiger partial charge is 0.322 e. The molecule has 0 atom stereocenters. The number of amides is 1. The predicted octanol–water partition coefficient (Wildman–Crippen LogP) is 3.63. The Balaban J connectivity index is 1.55. The van der Waals surface area contributed by atoms with Gasteiger partial charge in [-0.25, -0.2) is 14.6 Å². The van der Waals surface area contributed by atoms with Crippen molar-refractivity contribution in [2.45, 2.75) is 0 Å². The van der Waals surface area contributed by atoms with Crippen molar-refractivity contribution in [1.29, 1.82) is 0 Å². The van der Waals surface area contributed by atoms with Gasteiger partial charge in [0, 0.05) is 23.6 Å². The van der Waals surface area contributed by atoms with E-state index in [0.29, 0.717) is 22.1 Å². The third kappa shape index (κ3) is 3.68. The molecule has 0 aliphatic heterocycles. The highest BCUT2D eigenvalue weighted by molar-refractivity contribution is 6.33. The molecule has 0 saturated heterocycles. The fourth-order valence-electron chi connectivity index (χ4n) is 2.51. The molecule has 3 heterocycles. The van der Waals surface area contributed by atoms with Crippen LogP contribution in [0.4, 0.5) is 5.69 Å². The lowest BCUT2D eigenvalue weighted by molar-refractivity contribution is 0.102. The quantitative estimate of drug-likeness (QED) is 0.587. The molecule has 1 amide bonds. The molecular formula is C19H13ClN6O. The van der Waals surface area contributed by atoms with Crippen LogP contribution in [0.2, 0.25) is 5.02 Å². The van der Waals surface area contributed by atoms with Gasteiger partial charge in [0.2, 0.25) is 0 Å². The molecule has 0 aliphatic rings. The molecule has 27 heavy (non-hydrogen) atoms. The molecule has 0 radical (unpaired) electrons. The first-order valence-corrected chi connectivity index (χ1v) is 8.42. The number of nitrogens with zero attached hydrogens (tertiary/aromatic N) is 5. The molecule has 0 aliphatic carbocycles. The number of hydrogen-bond donors (Lipinski definition) is 1. The van der Waals surface area contributed by atoms with Crippen LogP contribution in [-0.4, -0.2) is 30.6 Å². The van der Waals surface area contributed by atoms with Crippen LogP contribution < -0.4 is 5.32 Å². The minimum atomic E-state index is -0.276. The van der Waals surface area contributed by atoms with E-state index in [4.69, 9.17) is 11.6 Å². The van der Waals surface area contributed by atoms with E-state index >= 15 is 0 Å². The Morgan fingerprint density at radius 2 is 2.00 bits per heavy atom. The number of nitrogens with one attached hydrogen (secondary N) is 1. The number of carbonyl (C=O) groups is 1. The van der Waals surface area contributed by atoms with Crippen molar-refractivity contribution in [2.24, 2.45) is 0 Å². The maximum absolute atomic E-state index is 12.5. The van der Waals surface area contributed by atoms with Gasteiger partial charge < -0.3 is 5.32 Å². The van der Waals surface area contributed by atoms with Gasteiger partial charge in [0.05, 0.1) is 16.3 Å². The third-order valence-electron chi connectivity index (χ3n) is 3.83. The maximum Gasteiger partial charge on any atom is 0.257 e. The zero-order chi connectivity index (χ0) is 18.6. The van der Waals surface area contributed by atoms with Crippen molar-refractivity contribution in [3.05, 3.63) is 84.2 Å². The fourth-order valence-corrected chi connectivity index (χ4v) is 2.72. The van der Waals surface area contributed by atoms with E-state index in [1.807, 2.05) is 18.2 Å². The summed E-state index contributed by atoms with van der Waals surface area (Å²) in [6.07, 6.45) is 6.14. The molecule has 4 aromatic rings. The number of hydrogen-bond acceptors (Lipinski definition) is 5. The molecule has 0 saturated carbocycles. The molecule has 3 aromatic heterocycles. The Morgan fingerprint density at radius 1 is 1.07 bits per heavy atom. The number of benzene rings is 1. The van der Waals surface area contributed by atoms with E-state index in [1.165, 1.54) is 23.5 Å². The first-order valence-electron chi connectivity index (χ1n) is 8.04. The average Bonchev–Trinajstić information content (AvgIpc) is 3.25. The van der Waals surface area contributed by atoms with Crippen LogP contribution in [0.15, 0.2) is 73.6 Å². The van der Waals surface area contributed by atoms with Crippen LogP contribution in [0, 0.1) is 0 Å². The van der Waals surface area contributed by atoms with Crippen molar-refractivity contribution < 1.29 is 4.79 Å². The van der Waals surface area contributed by atoms with E-state index in [-0.39, 0.29) is 5.91 Å². The smallest absolute Gasteiger partial charge is 0.257 e. The summed E-state index contributed by atoms with van der Waals surface area (Å²) in [5.74, 6) is 0.301. The molecule has 132 valence electrons. The fraction of sp³-hybridized carbons (Fsp3) is 0. The number of halogens is 1. The van der Waals surface area contributed by atoms with E-state index in [1.54, 1.807) is 36.5 Å². The second-order valence-corrected chi connectivity index (χ2v) is 6.02. The van der Waals surface area contributed by atoms with Gasteiger partial charge in [-0.1, -0.05) is 17.7 Å². The first kappa shape index (κ1) is 16.9.